The van der Waals surface area contributed by atoms with Crippen LogP contribution in [0.2, 0.25) is 10.0 Å². The molecule has 0 radical (unpaired) electrons. The molecule has 5 nitrogen and oxygen atoms in total. The summed E-state index contributed by atoms with van der Waals surface area (Å²) < 4.78 is 0. The summed E-state index contributed by atoms with van der Waals surface area (Å²) in [7, 11) is 0. The van der Waals surface area contributed by atoms with Gasteiger partial charge in [0.25, 0.3) is 5.91 Å². The Kier molecular flexibility index (Phi) is 8.34. The van der Waals surface area contributed by atoms with Crippen LogP contribution in [0.25, 0.3) is 10.9 Å². The molecule has 1 aromatic heterocycles. The number of carbonyl (C=O) groups is 2. The van der Waals surface area contributed by atoms with Crippen LogP contribution in [-0.2, 0) is 4.79 Å². The van der Waals surface area contributed by atoms with Crippen LogP contribution < -0.4 is 5.32 Å². The second kappa shape index (κ2) is 11.6. The number of hydrogen-bond acceptors (Lipinski definition) is 2. The van der Waals surface area contributed by atoms with E-state index in [2.05, 4.69) is 35.4 Å². The third-order valence-corrected chi connectivity index (χ3v) is 7.06. The van der Waals surface area contributed by atoms with Gasteiger partial charge >= 0.3 is 5.97 Å². The molecule has 0 saturated heterocycles. The van der Waals surface area contributed by atoms with Gasteiger partial charge in [0.1, 0.15) is 0 Å². The van der Waals surface area contributed by atoms with Gasteiger partial charge in [0, 0.05) is 34.6 Å². The zero-order valence-corrected chi connectivity index (χ0v) is 21.4. The molecule has 3 aromatic carbocycles. The fourth-order valence-corrected chi connectivity index (χ4v) is 5.15. The highest BCUT2D eigenvalue weighted by molar-refractivity contribution is 6.35. The molecule has 4 aromatic rings. The molecule has 1 heterocycles. The molecule has 0 aliphatic heterocycles. The predicted octanol–water partition coefficient (Wildman–Crippen LogP) is 7.40. The Hall–Kier alpha value is -3.28. The number of H-pyrrole nitrogens is 1. The van der Waals surface area contributed by atoms with Crippen molar-refractivity contribution in [3.63, 3.8) is 0 Å². The standard InChI is InChI=1S/C29H28Cl2N2O3/c1-2-4-22(18-7-9-20(10-8-18)29(36)32-16-15-26(34)35)27(19-11-13-21(30)14-12-19)24-17-33-28-23(24)5-3-6-25(28)31/h3,5-14,17,22,27,33H,2,4,15-16H2,1H3,(H,32,36)(H,34,35). The number of para-hydroxylation sites is 1. The summed E-state index contributed by atoms with van der Waals surface area (Å²) in [4.78, 5) is 26.5. The quantitative estimate of drug-likeness (QED) is 0.203. The number of carboxylic acid groups (broad SMARTS) is 1. The fourth-order valence-electron chi connectivity index (χ4n) is 4.80. The number of halogens is 2. The van der Waals surface area contributed by atoms with E-state index in [9.17, 15) is 9.59 Å². The van der Waals surface area contributed by atoms with E-state index in [1.807, 2.05) is 42.6 Å². The van der Waals surface area contributed by atoms with Crippen LogP contribution in [0.4, 0.5) is 0 Å². The fraction of sp³-hybridized carbons (Fsp3) is 0.241. The number of aromatic nitrogens is 1. The van der Waals surface area contributed by atoms with E-state index >= 15 is 0 Å². The lowest BCUT2D eigenvalue weighted by molar-refractivity contribution is -0.136. The minimum Gasteiger partial charge on any atom is -0.481 e. The van der Waals surface area contributed by atoms with Gasteiger partial charge < -0.3 is 15.4 Å². The van der Waals surface area contributed by atoms with Crippen molar-refractivity contribution in [1.29, 1.82) is 0 Å². The molecular weight excluding hydrogens is 495 g/mol. The molecule has 2 atom stereocenters. The van der Waals surface area contributed by atoms with Crippen LogP contribution in [0, 0.1) is 0 Å². The molecule has 2 unspecified atom stereocenters. The average molecular weight is 523 g/mol. The summed E-state index contributed by atoms with van der Waals surface area (Å²) in [6, 6.07) is 21.5. The molecule has 36 heavy (non-hydrogen) atoms. The molecule has 0 aliphatic carbocycles. The molecule has 186 valence electrons. The van der Waals surface area contributed by atoms with Crippen molar-refractivity contribution in [2.24, 2.45) is 0 Å². The Bertz CT molecular complexity index is 1350. The first-order valence-corrected chi connectivity index (χ1v) is 12.8. The van der Waals surface area contributed by atoms with E-state index in [0.29, 0.717) is 15.6 Å². The second-order valence-corrected chi connectivity index (χ2v) is 9.70. The number of fused-ring (bicyclic) bond motifs is 1. The summed E-state index contributed by atoms with van der Waals surface area (Å²) >= 11 is 12.7. The van der Waals surface area contributed by atoms with Crippen molar-refractivity contribution >= 4 is 46.0 Å². The highest BCUT2D eigenvalue weighted by Crippen LogP contribution is 2.44. The number of aromatic amines is 1. The summed E-state index contributed by atoms with van der Waals surface area (Å²) in [5.74, 6) is -1.06. The van der Waals surface area contributed by atoms with Gasteiger partial charge in [-0.1, -0.05) is 72.9 Å². The Morgan fingerprint density at radius 1 is 0.972 bits per heavy atom. The number of hydrogen-bond donors (Lipinski definition) is 3. The van der Waals surface area contributed by atoms with Gasteiger partial charge in [0.2, 0.25) is 0 Å². The third kappa shape index (κ3) is 5.75. The van der Waals surface area contributed by atoms with Gasteiger partial charge in [-0.05, 0) is 59.4 Å². The number of amides is 1. The molecule has 3 N–H and O–H groups in total. The number of carboxylic acids is 1. The number of aliphatic carboxylic acids is 1. The van der Waals surface area contributed by atoms with Gasteiger partial charge in [0.15, 0.2) is 0 Å². The van der Waals surface area contributed by atoms with Crippen molar-refractivity contribution in [2.45, 2.75) is 38.0 Å². The van der Waals surface area contributed by atoms with Crippen molar-refractivity contribution < 1.29 is 14.7 Å². The monoisotopic (exact) mass is 522 g/mol. The van der Waals surface area contributed by atoms with Crippen LogP contribution in [0.5, 0.6) is 0 Å². The summed E-state index contributed by atoms with van der Waals surface area (Å²) in [5.41, 5.74) is 4.84. The van der Waals surface area contributed by atoms with Crippen molar-refractivity contribution in [3.05, 3.63) is 105 Å². The molecule has 4 rings (SSSR count). The van der Waals surface area contributed by atoms with Crippen LogP contribution in [-0.4, -0.2) is 28.5 Å². The normalized spacial score (nSPS) is 12.9. The third-order valence-electron chi connectivity index (χ3n) is 6.49. The summed E-state index contributed by atoms with van der Waals surface area (Å²) in [5, 5.41) is 13.9. The maximum absolute atomic E-state index is 12.5. The molecule has 1 amide bonds. The number of benzene rings is 3. The maximum atomic E-state index is 12.5. The van der Waals surface area contributed by atoms with Gasteiger partial charge in [0.05, 0.1) is 17.0 Å². The number of carbonyl (C=O) groups excluding carboxylic acids is 1. The van der Waals surface area contributed by atoms with E-state index in [-0.39, 0.29) is 30.7 Å². The summed E-state index contributed by atoms with van der Waals surface area (Å²) in [6.07, 6.45) is 3.85. The largest absolute Gasteiger partial charge is 0.481 e. The molecule has 0 aliphatic rings. The molecule has 0 fully saturated rings. The summed E-state index contributed by atoms with van der Waals surface area (Å²) in [6.45, 7) is 2.26. The maximum Gasteiger partial charge on any atom is 0.305 e. The zero-order valence-electron chi connectivity index (χ0n) is 19.9. The van der Waals surface area contributed by atoms with Gasteiger partial charge in [-0.25, -0.2) is 0 Å². The van der Waals surface area contributed by atoms with Crippen LogP contribution in [0.1, 0.15) is 65.1 Å². The van der Waals surface area contributed by atoms with Gasteiger partial charge in [-0.3, -0.25) is 9.59 Å². The van der Waals surface area contributed by atoms with Crippen LogP contribution >= 0.6 is 23.2 Å². The molecule has 7 heteroatoms. The minimum absolute atomic E-state index is 0.0321. The molecule has 0 spiro atoms. The van der Waals surface area contributed by atoms with Crippen molar-refractivity contribution in [1.82, 2.24) is 10.3 Å². The Balaban J connectivity index is 1.73. The van der Waals surface area contributed by atoms with Crippen LogP contribution in [0.15, 0.2) is 72.9 Å². The molecule has 0 bridgehead atoms. The van der Waals surface area contributed by atoms with Gasteiger partial charge in [-0.15, -0.1) is 0 Å². The zero-order chi connectivity index (χ0) is 25.7. The van der Waals surface area contributed by atoms with Crippen molar-refractivity contribution in [3.8, 4) is 0 Å². The molecule has 0 saturated carbocycles. The average Bonchev–Trinajstić information content (AvgIpc) is 3.30. The van der Waals surface area contributed by atoms with E-state index in [4.69, 9.17) is 28.3 Å². The molecular formula is C29H28Cl2N2O3. The van der Waals surface area contributed by atoms with Crippen LogP contribution in [0.3, 0.4) is 0 Å². The van der Waals surface area contributed by atoms with E-state index in [0.717, 1.165) is 40.4 Å². The van der Waals surface area contributed by atoms with Crippen molar-refractivity contribution in [2.75, 3.05) is 6.54 Å². The van der Waals surface area contributed by atoms with Gasteiger partial charge in [-0.2, -0.15) is 0 Å². The lowest BCUT2D eigenvalue weighted by atomic mass is 9.75. The highest BCUT2D eigenvalue weighted by atomic mass is 35.5. The SMILES string of the molecule is CCCC(c1ccc(C(=O)NCCC(=O)O)cc1)C(c1ccc(Cl)cc1)c1c[nH]c2c(Cl)cccc12. The highest BCUT2D eigenvalue weighted by Gasteiger charge is 2.28. The lowest BCUT2D eigenvalue weighted by Crippen LogP contribution is -2.26. The van der Waals surface area contributed by atoms with E-state index in [1.165, 1.54) is 0 Å². The predicted molar refractivity (Wildman–Crippen MR) is 145 cm³/mol. The number of rotatable bonds is 10. The first kappa shape index (κ1) is 25.8. The topological polar surface area (TPSA) is 82.2 Å². The smallest absolute Gasteiger partial charge is 0.305 e. The lowest BCUT2D eigenvalue weighted by Gasteiger charge is -2.28. The first-order valence-electron chi connectivity index (χ1n) is 12.0. The number of nitrogens with one attached hydrogen (secondary N) is 2. The van der Waals surface area contributed by atoms with E-state index in [1.54, 1.807) is 12.1 Å². The van der Waals surface area contributed by atoms with E-state index < -0.39 is 5.97 Å². The Morgan fingerprint density at radius 2 is 1.67 bits per heavy atom. The Labute approximate surface area is 220 Å². The second-order valence-electron chi connectivity index (χ2n) is 8.85. The Morgan fingerprint density at radius 3 is 2.33 bits per heavy atom. The minimum atomic E-state index is -0.945. The first-order chi connectivity index (χ1) is 17.4.